The molecule has 1 atom stereocenters. The Morgan fingerprint density at radius 2 is 1.93 bits per heavy atom. The SMILES string of the molecule is CC(C)(C)NC(=O)C1(C(=O)O)CCO1. The lowest BCUT2D eigenvalue weighted by Gasteiger charge is -2.38. The maximum atomic E-state index is 11.6. The average molecular weight is 201 g/mol. The van der Waals surface area contributed by atoms with E-state index in [0.717, 1.165) is 0 Å². The number of carbonyl (C=O) groups is 2. The van der Waals surface area contributed by atoms with Crippen molar-refractivity contribution in [3.05, 3.63) is 0 Å². The number of carboxylic acid groups (broad SMARTS) is 1. The minimum atomic E-state index is -1.65. The summed E-state index contributed by atoms with van der Waals surface area (Å²) in [5.41, 5.74) is -2.09. The lowest BCUT2D eigenvalue weighted by molar-refractivity contribution is -0.198. The van der Waals surface area contributed by atoms with Gasteiger partial charge in [-0.15, -0.1) is 0 Å². The first-order chi connectivity index (χ1) is 6.28. The highest BCUT2D eigenvalue weighted by atomic mass is 16.6. The summed E-state index contributed by atoms with van der Waals surface area (Å²) in [6.45, 7) is 5.70. The zero-order chi connectivity index (χ0) is 11.0. The van der Waals surface area contributed by atoms with E-state index in [1.807, 2.05) is 0 Å². The summed E-state index contributed by atoms with van der Waals surface area (Å²) in [7, 11) is 0. The molecule has 1 aliphatic heterocycles. The highest BCUT2D eigenvalue weighted by Crippen LogP contribution is 2.27. The molecule has 1 rings (SSSR count). The molecule has 14 heavy (non-hydrogen) atoms. The Kier molecular flexibility index (Phi) is 2.54. The summed E-state index contributed by atoms with van der Waals surface area (Å²) >= 11 is 0. The van der Waals surface area contributed by atoms with Crippen LogP contribution in [0.1, 0.15) is 27.2 Å². The molecule has 0 aromatic carbocycles. The standard InChI is InChI=1S/C9H15NO4/c1-8(2,3)10-6(11)9(7(12)13)4-5-14-9/h4-5H2,1-3H3,(H,10,11)(H,12,13). The fourth-order valence-corrected chi connectivity index (χ4v) is 1.19. The van der Waals surface area contributed by atoms with Gasteiger partial charge in [-0.25, -0.2) is 4.79 Å². The van der Waals surface area contributed by atoms with E-state index in [0.29, 0.717) is 6.61 Å². The number of amides is 1. The Labute approximate surface area is 82.4 Å². The summed E-state index contributed by atoms with van der Waals surface area (Å²) in [6, 6.07) is 0. The van der Waals surface area contributed by atoms with Crippen molar-refractivity contribution in [3.63, 3.8) is 0 Å². The minimum absolute atomic E-state index is 0.240. The molecule has 5 heteroatoms. The van der Waals surface area contributed by atoms with E-state index < -0.39 is 23.0 Å². The van der Waals surface area contributed by atoms with Crippen molar-refractivity contribution in [2.24, 2.45) is 0 Å². The van der Waals surface area contributed by atoms with E-state index in [1.54, 1.807) is 20.8 Å². The van der Waals surface area contributed by atoms with Crippen LogP contribution in [-0.2, 0) is 14.3 Å². The van der Waals surface area contributed by atoms with Crippen molar-refractivity contribution in [1.29, 1.82) is 0 Å². The molecule has 1 saturated heterocycles. The number of ether oxygens (including phenoxy) is 1. The molecule has 1 unspecified atom stereocenters. The Balaban J connectivity index is 2.72. The van der Waals surface area contributed by atoms with Crippen LogP contribution < -0.4 is 5.32 Å². The molecular weight excluding hydrogens is 186 g/mol. The second-order valence-electron chi connectivity index (χ2n) is 4.43. The quantitative estimate of drug-likeness (QED) is 0.623. The number of hydrogen-bond acceptors (Lipinski definition) is 3. The maximum absolute atomic E-state index is 11.6. The molecule has 0 spiro atoms. The van der Waals surface area contributed by atoms with Crippen molar-refractivity contribution in [3.8, 4) is 0 Å². The lowest BCUT2D eigenvalue weighted by atomic mass is 9.92. The van der Waals surface area contributed by atoms with Crippen molar-refractivity contribution in [1.82, 2.24) is 5.32 Å². The summed E-state index contributed by atoms with van der Waals surface area (Å²) in [4.78, 5) is 22.4. The highest BCUT2D eigenvalue weighted by Gasteiger charge is 2.53. The summed E-state index contributed by atoms with van der Waals surface area (Å²) in [5.74, 6) is -1.78. The normalized spacial score (nSPS) is 26.5. The van der Waals surface area contributed by atoms with Crippen LogP contribution in [0, 0.1) is 0 Å². The monoisotopic (exact) mass is 201 g/mol. The molecule has 0 saturated carbocycles. The van der Waals surface area contributed by atoms with Crippen molar-refractivity contribution in [2.75, 3.05) is 6.61 Å². The Morgan fingerprint density at radius 1 is 1.43 bits per heavy atom. The van der Waals surface area contributed by atoms with E-state index in [-0.39, 0.29) is 6.42 Å². The molecule has 0 aromatic heterocycles. The van der Waals surface area contributed by atoms with E-state index in [9.17, 15) is 9.59 Å². The first kappa shape index (κ1) is 11.0. The number of carbonyl (C=O) groups excluding carboxylic acids is 1. The molecule has 80 valence electrons. The van der Waals surface area contributed by atoms with Crippen LogP contribution in [-0.4, -0.2) is 34.7 Å². The average Bonchev–Trinajstić information content (AvgIpc) is 1.76. The first-order valence-electron chi connectivity index (χ1n) is 4.48. The van der Waals surface area contributed by atoms with Gasteiger partial charge in [-0.05, 0) is 20.8 Å². The number of rotatable bonds is 2. The van der Waals surface area contributed by atoms with Gasteiger partial charge in [-0.2, -0.15) is 0 Å². The zero-order valence-electron chi connectivity index (χ0n) is 8.59. The summed E-state index contributed by atoms with van der Waals surface area (Å²) in [5, 5.41) is 11.5. The van der Waals surface area contributed by atoms with Crippen LogP contribution in [0.5, 0.6) is 0 Å². The first-order valence-corrected chi connectivity index (χ1v) is 4.48. The highest BCUT2D eigenvalue weighted by molar-refractivity contribution is 6.06. The number of aliphatic carboxylic acids is 1. The van der Waals surface area contributed by atoms with Crippen LogP contribution in [0.15, 0.2) is 0 Å². The van der Waals surface area contributed by atoms with Crippen molar-refractivity contribution < 1.29 is 19.4 Å². The zero-order valence-corrected chi connectivity index (χ0v) is 8.59. The van der Waals surface area contributed by atoms with Crippen LogP contribution >= 0.6 is 0 Å². The topological polar surface area (TPSA) is 75.6 Å². The number of hydrogen-bond donors (Lipinski definition) is 2. The van der Waals surface area contributed by atoms with Gasteiger partial charge in [-0.3, -0.25) is 4.79 Å². The molecule has 1 heterocycles. The minimum Gasteiger partial charge on any atom is -0.479 e. The summed E-state index contributed by atoms with van der Waals surface area (Å²) in [6.07, 6.45) is 0.240. The van der Waals surface area contributed by atoms with Gasteiger partial charge in [0.15, 0.2) is 0 Å². The molecule has 0 bridgehead atoms. The van der Waals surface area contributed by atoms with E-state index in [1.165, 1.54) is 0 Å². The molecule has 1 fully saturated rings. The second-order valence-corrected chi connectivity index (χ2v) is 4.43. The Bertz CT molecular complexity index is 262. The molecule has 1 aliphatic rings. The van der Waals surface area contributed by atoms with Gasteiger partial charge < -0.3 is 15.2 Å². The number of nitrogens with one attached hydrogen (secondary N) is 1. The third-order valence-electron chi connectivity index (χ3n) is 2.00. The van der Waals surface area contributed by atoms with Gasteiger partial charge in [0.2, 0.25) is 5.60 Å². The van der Waals surface area contributed by atoms with Crippen LogP contribution in [0.3, 0.4) is 0 Å². The van der Waals surface area contributed by atoms with Gasteiger partial charge in [-0.1, -0.05) is 0 Å². The Morgan fingerprint density at radius 3 is 2.14 bits per heavy atom. The maximum Gasteiger partial charge on any atom is 0.346 e. The third kappa shape index (κ3) is 1.87. The molecule has 0 radical (unpaired) electrons. The fourth-order valence-electron chi connectivity index (χ4n) is 1.19. The van der Waals surface area contributed by atoms with Crippen LogP contribution in [0.2, 0.25) is 0 Å². The molecule has 2 N–H and O–H groups in total. The van der Waals surface area contributed by atoms with E-state index >= 15 is 0 Å². The van der Waals surface area contributed by atoms with Crippen molar-refractivity contribution in [2.45, 2.75) is 38.3 Å². The van der Waals surface area contributed by atoms with Gasteiger partial charge >= 0.3 is 5.97 Å². The van der Waals surface area contributed by atoms with Crippen LogP contribution in [0.4, 0.5) is 0 Å². The Hall–Kier alpha value is -1.10. The number of carboxylic acids is 1. The lowest BCUT2D eigenvalue weighted by Crippen LogP contribution is -2.63. The van der Waals surface area contributed by atoms with Gasteiger partial charge in [0.25, 0.3) is 5.91 Å². The summed E-state index contributed by atoms with van der Waals surface area (Å²) < 4.78 is 4.88. The third-order valence-corrected chi connectivity index (χ3v) is 2.00. The van der Waals surface area contributed by atoms with Gasteiger partial charge in [0, 0.05) is 12.0 Å². The predicted octanol–water partition coefficient (Wildman–Crippen LogP) is 0.145. The molecule has 1 amide bonds. The van der Waals surface area contributed by atoms with E-state index in [2.05, 4.69) is 5.32 Å². The molecule has 0 aliphatic carbocycles. The smallest absolute Gasteiger partial charge is 0.346 e. The van der Waals surface area contributed by atoms with Gasteiger partial charge in [0.1, 0.15) is 0 Å². The van der Waals surface area contributed by atoms with E-state index in [4.69, 9.17) is 9.84 Å². The molecular formula is C9H15NO4. The second kappa shape index (κ2) is 3.24. The van der Waals surface area contributed by atoms with Crippen molar-refractivity contribution >= 4 is 11.9 Å². The van der Waals surface area contributed by atoms with Gasteiger partial charge in [0.05, 0.1) is 6.61 Å². The fraction of sp³-hybridized carbons (Fsp3) is 0.778. The predicted molar refractivity (Wildman–Crippen MR) is 48.8 cm³/mol. The largest absolute Gasteiger partial charge is 0.479 e. The molecule has 5 nitrogen and oxygen atoms in total. The molecule has 0 aromatic rings. The van der Waals surface area contributed by atoms with Crippen LogP contribution in [0.25, 0.3) is 0 Å².